The molecule has 0 spiro atoms. The van der Waals surface area contributed by atoms with Crippen LogP contribution >= 0.6 is 24.0 Å². The summed E-state index contributed by atoms with van der Waals surface area (Å²) in [4.78, 5) is 7.45. The number of fused-ring (bicyclic) bond motifs is 1. The lowest BCUT2D eigenvalue weighted by molar-refractivity contribution is -0.106. The second-order valence-corrected chi connectivity index (χ2v) is 9.54. The van der Waals surface area contributed by atoms with Gasteiger partial charge < -0.3 is 15.4 Å². The van der Waals surface area contributed by atoms with Gasteiger partial charge in [0.1, 0.15) is 0 Å². The topological polar surface area (TPSA) is 48.9 Å². The number of guanidine groups is 1. The maximum absolute atomic E-state index is 5.93. The number of nitrogens with one attached hydrogen (secondary N) is 2. The zero-order valence-corrected chi connectivity index (χ0v) is 21.2. The van der Waals surface area contributed by atoms with Crippen LogP contribution in [0.5, 0.6) is 0 Å². The third kappa shape index (κ3) is 5.30. The van der Waals surface area contributed by atoms with E-state index in [2.05, 4.69) is 60.6 Å². The van der Waals surface area contributed by atoms with E-state index in [0.717, 1.165) is 32.1 Å². The second kappa shape index (κ2) is 10.6. The summed E-state index contributed by atoms with van der Waals surface area (Å²) in [5.41, 5.74) is 2.83. The van der Waals surface area contributed by atoms with Crippen molar-refractivity contribution in [2.24, 2.45) is 16.3 Å². The highest BCUT2D eigenvalue weighted by Gasteiger charge is 2.59. The van der Waals surface area contributed by atoms with Crippen LogP contribution in [0.3, 0.4) is 0 Å². The van der Waals surface area contributed by atoms with Gasteiger partial charge in [-0.25, -0.2) is 4.99 Å². The molecule has 1 aromatic carbocycles. The van der Waals surface area contributed by atoms with E-state index >= 15 is 0 Å². The van der Waals surface area contributed by atoms with Crippen molar-refractivity contribution in [1.82, 2.24) is 15.5 Å². The van der Waals surface area contributed by atoms with Crippen molar-refractivity contribution in [2.45, 2.75) is 71.7 Å². The Morgan fingerprint density at radius 1 is 1.13 bits per heavy atom. The maximum Gasteiger partial charge on any atom is 0.191 e. The lowest BCUT2D eigenvalue weighted by atomic mass is 9.57. The fraction of sp³-hybridized carbons (Fsp3) is 0.708. The number of rotatable bonds is 6. The summed E-state index contributed by atoms with van der Waals surface area (Å²) in [6.07, 6.45) is 5.64. The summed E-state index contributed by atoms with van der Waals surface area (Å²) in [7, 11) is 0. The summed E-state index contributed by atoms with van der Waals surface area (Å²) in [5.74, 6) is 1.54. The van der Waals surface area contributed by atoms with Gasteiger partial charge in [-0.3, -0.25) is 4.90 Å². The quantitative estimate of drug-likeness (QED) is 0.332. The van der Waals surface area contributed by atoms with Gasteiger partial charge in [0.2, 0.25) is 0 Å². The molecular weight excluding hydrogens is 487 g/mol. The molecule has 0 radical (unpaired) electrons. The first-order valence-corrected chi connectivity index (χ1v) is 11.5. The monoisotopic (exact) mass is 526 g/mol. The summed E-state index contributed by atoms with van der Waals surface area (Å²) in [5, 5.41) is 7.13. The molecule has 0 bridgehead atoms. The molecule has 0 amide bonds. The Balaban J connectivity index is 0.00000256. The van der Waals surface area contributed by atoms with Gasteiger partial charge in [-0.05, 0) is 50.4 Å². The average Bonchev–Trinajstić information content (AvgIpc) is 3.19. The highest BCUT2D eigenvalue weighted by Crippen LogP contribution is 2.52. The van der Waals surface area contributed by atoms with Gasteiger partial charge in [0.25, 0.3) is 0 Å². The number of piperidine rings is 1. The minimum Gasteiger partial charge on any atom is -0.377 e. The lowest BCUT2D eigenvalue weighted by Gasteiger charge is -2.54. The molecule has 2 saturated heterocycles. The van der Waals surface area contributed by atoms with E-state index in [4.69, 9.17) is 9.73 Å². The number of nitrogens with zero attached hydrogens (tertiary/aromatic N) is 2. The largest absolute Gasteiger partial charge is 0.377 e. The summed E-state index contributed by atoms with van der Waals surface area (Å²) in [6.45, 7) is 12.8. The van der Waals surface area contributed by atoms with E-state index in [9.17, 15) is 0 Å². The molecule has 3 atom stereocenters. The average molecular weight is 527 g/mol. The number of ether oxygens (including phenoxy) is 1. The van der Waals surface area contributed by atoms with E-state index in [-0.39, 0.29) is 29.4 Å². The first-order chi connectivity index (χ1) is 14.1. The Morgan fingerprint density at radius 2 is 1.83 bits per heavy atom. The van der Waals surface area contributed by atoms with E-state index in [1.807, 2.05) is 0 Å². The Hall–Kier alpha value is -0.860. The lowest BCUT2D eigenvalue weighted by Crippen LogP contribution is -2.67. The Kier molecular flexibility index (Phi) is 8.44. The Morgan fingerprint density at radius 3 is 2.53 bits per heavy atom. The molecule has 168 valence electrons. The fourth-order valence-electron chi connectivity index (χ4n) is 5.38. The Bertz CT molecular complexity index is 700. The van der Waals surface area contributed by atoms with Crippen LogP contribution in [0.25, 0.3) is 0 Å². The van der Waals surface area contributed by atoms with Gasteiger partial charge in [0, 0.05) is 37.1 Å². The predicted molar refractivity (Wildman–Crippen MR) is 134 cm³/mol. The van der Waals surface area contributed by atoms with Crippen LogP contribution in [0.1, 0.15) is 57.6 Å². The van der Waals surface area contributed by atoms with Crippen LogP contribution in [0.15, 0.2) is 29.3 Å². The summed E-state index contributed by atoms with van der Waals surface area (Å²) >= 11 is 0. The second-order valence-electron chi connectivity index (χ2n) is 9.54. The number of halogens is 1. The van der Waals surface area contributed by atoms with Crippen LogP contribution in [-0.2, 0) is 17.8 Å². The predicted octanol–water partition coefficient (Wildman–Crippen LogP) is 4.16. The molecule has 6 heteroatoms. The summed E-state index contributed by atoms with van der Waals surface area (Å²) in [6, 6.07) is 9.45. The van der Waals surface area contributed by atoms with Crippen molar-refractivity contribution in [3.63, 3.8) is 0 Å². The van der Waals surface area contributed by atoms with Gasteiger partial charge in [0.05, 0.1) is 12.6 Å². The van der Waals surface area contributed by atoms with Crippen LogP contribution < -0.4 is 10.6 Å². The smallest absolute Gasteiger partial charge is 0.191 e. The molecule has 5 nitrogen and oxygen atoms in total. The fourth-order valence-corrected chi connectivity index (χ4v) is 5.38. The standard InChI is InChI=1S/C24H38N4O.HI/c1-4-25-23(27-21-20-12-15-29-22(20)24(21,2)3)26-16-18-8-10-19(11-9-18)17-28-13-6-5-7-14-28;/h8-11,20-22H,4-7,12-17H2,1-3H3,(H2,25,26,27);1H. The van der Waals surface area contributed by atoms with Crippen molar-refractivity contribution in [3.8, 4) is 0 Å². The van der Waals surface area contributed by atoms with Crippen molar-refractivity contribution in [1.29, 1.82) is 0 Å². The molecule has 3 unspecified atom stereocenters. The number of benzene rings is 1. The van der Waals surface area contributed by atoms with Gasteiger partial charge in [-0.2, -0.15) is 0 Å². The molecule has 3 aliphatic rings. The third-order valence-electron chi connectivity index (χ3n) is 7.03. The third-order valence-corrected chi connectivity index (χ3v) is 7.03. The van der Waals surface area contributed by atoms with Crippen molar-refractivity contribution in [2.75, 3.05) is 26.2 Å². The first-order valence-electron chi connectivity index (χ1n) is 11.5. The van der Waals surface area contributed by atoms with Gasteiger partial charge in [-0.15, -0.1) is 24.0 Å². The molecule has 1 aromatic rings. The minimum absolute atomic E-state index is 0. The van der Waals surface area contributed by atoms with Crippen LogP contribution in [-0.4, -0.2) is 49.2 Å². The molecule has 1 aliphatic carbocycles. The molecule has 3 fully saturated rings. The highest BCUT2D eigenvalue weighted by molar-refractivity contribution is 14.0. The zero-order valence-electron chi connectivity index (χ0n) is 18.8. The van der Waals surface area contributed by atoms with E-state index in [0.29, 0.717) is 24.6 Å². The first kappa shape index (κ1) is 23.8. The minimum atomic E-state index is 0. The molecular formula is C24H39IN4O. The van der Waals surface area contributed by atoms with Gasteiger partial charge in [-0.1, -0.05) is 44.5 Å². The number of hydrogen-bond acceptors (Lipinski definition) is 3. The summed E-state index contributed by atoms with van der Waals surface area (Å²) < 4.78 is 5.93. The molecule has 2 aliphatic heterocycles. The molecule has 0 aromatic heterocycles. The van der Waals surface area contributed by atoms with Crippen molar-refractivity contribution < 1.29 is 4.74 Å². The van der Waals surface area contributed by atoms with E-state index in [1.165, 1.54) is 43.5 Å². The van der Waals surface area contributed by atoms with Gasteiger partial charge in [0.15, 0.2) is 5.96 Å². The van der Waals surface area contributed by atoms with Crippen molar-refractivity contribution in [3.05, 3.63) is 35.4 Å². The van der Waals surface area contributed by atoms with Crippen LogP contribution in [0.4, 0.5) is 0 Å². The zero-order chi connectivity index (χ0) is 20.3. The van der Waals surface area contributed by atoms with Crippen molar-refractivity contribution >= 4 is 29.9 Å². The van der Waals surface area contributed by atoms with Crippen LogP contribution in [0, 0.1) is 11.3 Å². The molecule has 4 rings (SSSR count). The van der Waals surface area contributed by atoms with Gasteiger partial charge >= 0.3 is 0 Å². The van der Waals surface area contributed by atoms with E-state index in [1.54, 1.807) is 0 Å². The number of hydrogen-bond donors (Lipinski definition) is 2. The molecule has 30 heavy (non-hydrogen) atoms. The van der Waals surface area contributed by atoms with E-state index < -0.39 is 0 Å². The Labute approximate surface area is 199 Å². The van der Waals surface area contributed by atoms with Crippen LogP contribution in [0.2, 0.25) is 0 Å². The highest BCUT2D eigenvalue weighted by atomic mass is 127. The normalized spacial score (nSPS) is 28.2. The molecule has 2 N–H and O–H groups in total. The SMILES string of the molecule is CCNC(=NCc1ccc(CN2CCCCC2)cc1)NC1C2CCOC2C1(C)C.I. The maximum atomic E-state index is 5.93. The molecule has 2 heterocycles. The number of likely N-dealkylation sites (tertiary alicyclic amines) is 1. The number of aliphatic imine (C=N–C) groups is 1. The molecule has 1 saturated carbocycles.